The van der Waals surface area contributed by atoms with Crippen LogP contribution in [0.3, 0.4) is 0 Å². The summed E-state index contributed by atoms with van der Waals surface area (Å²) >= 11 is 2.36. The van der Waals surface area contributed by atoms with Crippen molar-refractivity contribution in [3.8, 4) is 5.75 Å². The standard InChI is InChI=1S/C18H29IO/c1-3-5-6-7-8-9-13-16(12-4-2)20-18-15-11-10-14-17(18)19/h10-11,14-16H,3-9,12-13H2,1-2H3. The van der Waals surface area contributed by atoms with Gasteiger partial charge in [0, 0.05) is 0 Å². The van der Waals surface area contributed by atoms with Crippen LogP contribution in [0.25, 0.3) is 0 Å². The van der Waals surface area contributed by atoms with Crippen LogP contribution in [-0.2, 0) is 0 Å². The molecule has 1 unspecified atom stereocenters. The van der Waals surface area contributed by atoms with Gasteiger partial charge >= 0.3 is 0 Å². The predicted molar refractivity (Wildman–Crippen MR) is 96.5 cm³/mol. The largest absolute Gasteiger partial charge is 0.489 e. The molecule has 0 saturated heterocycles. The first-order chi connectivity index (χ1) is 9.77. The van der Waals surface area contributed by atoms with Crippen molar-refractivity contribution < 1.29 is 4.74 Å². The highest BCUT2D eigenvalue weighted by molar-refractivity contribution is 14.1. The van der Waals surface area contributed by atoms with Crippen LogP contribution in [0.1, 0.15) is 71.6 Å². The molecule has 1 aromatic rings. The fourth-order valence-corrected chi connectivity index (χ4v) is 2.97. The second-order valence-corrected chi connectivity index (χ2v) is 6.68. The van der Waals surface area contributed by atoms with E-state index in [0.29, 0.717) is 6.10 Å². The molecule has 0 fully saturated rings. The van der Waals surface area contributed by atoms with E-state index in [1.54, 1.807) is 0 Å². The lowest BCUT2D eigenvalue weighted by molar-refractivity contribution is 0.174. The Balaban J connectivity index is 2.31. The van der Waals surface area contributed by atoms with Crippen molar-refractivity contribution in [3.05, 3.63) is 27.8 Å². The zero-order valence-electron chi connectivity index (χ0n) is 13.0. The van der Waals surface area contributed by atoms with E-state index in [1.807, 2.05) is 0 Å². The van der Waals surface area contributed by atoms with E-state index in [4.69, 9.17) is 4.74 Å². The van der Waals surface area contributed by atoms with Crippen molar-refractivity contribution >= 4 is 22.6 Å². The van der Waals surface area contributed by atoms with E-state index in [0.717, 1.165) is 5.75 Å². The third-order valence-corrected chi connectivity index (χ3v) is 4.51. The van der Waals surface area contributed by atoms with Crippen LogP contribution in [0.2, 0.25) is 0 Å². The molecule has 1 nitrogen and oxygen atoms in total. The molecule has 0 aromatic heterocycles. The minimum absolute atomic E-state index is 0.391. The summed E-state index contributed by atoms with van der Waals surface area (Å²) in [6.07, 6.45) is 12.1. The molecular weight excluding hydrogens is 359 g/mol. The van der Waals surface area contributed by atoms with Gasteiger partial charge in [-0.2, -0.15) is 0 Å². The molecule has 0 spiro atoms. The molecular formula is C18H29IO. The summed E-state index contributed by atoms with van der Waals surface area (Å²) in [5.74, 6) is 1.05. The second-order valence-electron chi connectivity index (χ2n) is 5.52. The lowest BCUT2D eigenvalue weighted by Crippen LogP contribution is -2.16. The van der Waals surface area contributed by atoms with Gasteiger partial charge in [0.1, 0.15) is 5.75 Å². The van der Waals surface area contributed by atoms with E-state index >= 15 is 0 Å². The Bertz CT molecular complexity index is 351. The number of rotatable bonds is 11. The molecule has 1 atom stereocenters. The number of benzene rings is 1. The summed E-state index contributed by atoms with van der Waals surface area (Å²) < 4.78 is 7.42. The zero-order chi connectivity index (χ0) is 14.6. The van der Waals surface area contributed by atoms with E-state index < -0.39 is 0 Å². The Kier molecular flexibility index (Phi) is 10.2. The molecule has 0 saturated carbocycles. The molecule has 0 aliphatic carbocycles. The third kappa shape index (κ3) is 7.51. The van der Waals surface area contributed by atoms with Gasteiger partial charge in [-0.15, -0.1) is 0 Å². The second kappa shape index (κ2) is 11.4. The van der Waals surface area contributed by atoms with E-state index in [1.165, 1.54) is 61.4 Å². The van der Waals surface area contributed by atoms with Crippen LogP contribution >= 0.6 is 22.6 Å². The van der Waals surface area contributed by atoms with Gasteiger partial charge in [0.05, 0.1) is 9.67 Å². The van der Waals surface area contributed by atoms with Crippen LogP contribution in [0.5, 0.6) is 5.75 Å². The van der Waals surface area contributed by atoms with Gasteiger partial charge in [-0.25, -0.2) is 0 Å². The number of ether oxygens (including phenoxy) is 1. The Morgan fingerprint density at radius 3 is 2.30 bits per heavy atom. The molecule has 0 radical (unpaired) electrons. The van der Waals surface area contributed by atoms with Crippen molar-refractivity contribution in [3.63, 3.8) is 0 Å². The third-order valence-electron chi connectivity index (χ3n) is 3.62. The van der Waals surface area contributed by atoms with Gasteiger partial charge in [-0.3, -0.25) is 0 Å². The summed E-state index contributed by atoms with van der Waals surface area (Å²) in [5.41, 5.74) is 0. The first-order valence-electron chi connectivity index (χ1n) is 8.19. The predicted octanol–water partition coefficient (Wildman–Crippen LogP) is 6.59. The molecule has 0 bridgehead atoms. The van der Waals surface area contributed by atoms with Crippen LogP contribution in [0, 0.1) is 3.57 Å². The smallest absolute Gasteiger partial charge is 0.133 e. The highest BCUT2D eigenvalue weighted by Gasteiger charge is 2.11. The van der Waals surface area contributed by atoms with Crippen molar-refractivity contribution in [2.24, 2.45) is 0 Å². The number of hydrogen-bond donors (Lipinski definition) is 0. The van der Waals surface area contributed by atoms with Crippen LogP contribution < -0.4 is 4.74 Å². The quantitative estimate of drug-likeness (QED) is 0.307. The van der Waals surface area contributed by atoms with Gasteiger partial charge in [-0.1, -0.05) is 64.5 Å². The minimum atomic E-state index is 0.391. The lowest BCUT2D eigenvalue weighted by Gasteiger charge is -2.19. The van der Waals surface area contributed by atoms with E-state index in [-0.39, 0.29) is 0 Å². The van der Waals surface area contributed by atoms with Crippen molar-refractivity contribution in [2.75, 3.05) is 0 Å². The van der Waals surface area contributed by atoms with Gasteiger partial charge in [-0.05, 0) is 54.0 Å². The minimum Gasteiger partial charge on any atom is -0.489 e. The highest BCUT2D eigenvalue weighted by atomic mass is 127. The fourth-order valence-electron chi connectivity index (χ4n) is 2.46. The molecule has 20 heavy (non-hydrogen) atoms. The van der Waals surface area contributed by atoms with E-state index in [9.17, 15) is 0 Å². The maximum atomic E-state index is 6.21. The van der Waals surface area contributed by atoms with Gasteiger partial charge in [0.15, 0.2) is 0 Å². The molecule has 1 rings (SSSR count). The summed E-state index contributed by atoms with van der Waals surface area (Å²) in [7, 11) is 0. The number of para-hydroxylation sites is 1. The van der Waals surface area contributed by atoms with Gasteiger partial charge < -0.3 is 4.74 Å². The first-order valence-corrected chi connectivity index (χ1v) is 9.27. The molecule has 2 heteroatoms. The molecule has 114 valence electrons. The van der Waals surface area contributed by atoms with Crippen molar-refractivity contribution in [2.45, 2.75) is 77.7 Å². The normalized spacial score (nSPS) is 12.3. The Morgan fingerprint density at radius 1 is 0.900 bits per heavy atom. The Morgan fingerprint density at radius 2 is 1.60 bits per heavy atom. The number of halogens is 1. The molecule has 0 aliphatic rings. The lowest BCUT2D eigenvalue weighted by atomic mass is 10.0. The summed E-state index contributed by atoms with van der Waals surface area (Å²) in [5, 5.41) is 0. The van der Waals surface area contributed by atoms with Crippen molar-refractivity contribution in [1.29, 1.82) is 0 Å². The highest BCUT2D eigenvalue weighted by Crippen LogP contribution is 2.24. The van der Waals surface area contributed by atoms with Gasteiger partial charge in [0.2, 0.25) is 0 Å². The maximum absolute atomic E-state index is 6.21. The van der Waals surface area contributed by atoms with Crippen molar-refractivity contribution in [1.82, 2.24) is 0 Å². The zero-order valence-corrected chi connectivity index (χ0v) is 15.2. The molecule has 0 aliphatic heterocycles. The average Bonchev–Trinajstić information content (AvgIpc) is 2.45. The summed E-state index contributed by atoms with van der Waals surface area (Å²) in [6, 6.07) is 8.33. The van der Waals surface area contributed by atoms with Crippen LogP contribution in [0.4, 0.5) is 0 Å². The molecule has 0 heterocycles. The number of hydrogen-bond acceptors (Lipinski definition) is 1. The Labute approximate surface area is 138 Å². The summed E-state index contributed by atoms with van der Waals surface area (Å²) in [4.78, 5) is 0. The molecule has 0 N–H and O–H groups in total. The monoisotopic (exact) mass is 388 g/mol. The molecule has 1 aromatic carbocycles. The van der Waals surface area contributed by atoms with Crippen LogP contribution in [-0.4, -0.2) is 6.10 Å². The Hall–Kier alpha value is -0.250. The van der Waals surface area contributed by atoms with E-state index in [2.05, 4.69) is 60.7 Å². The topological polar surface area (TPSA) is 9.23 Å². The summed E-state index contributed by atoms with van der Waals surface area (Å²) in [6.45, 7) is 4.51. The first kappa shape index (κ1) is 17.8. The number of unbranched alkanes of at least 4 members (excludes halogenated alkanes) is 5. The maximum Gasteiger partial charge on any atom is 0.133 e. The average molecular weight is 388 g/mol. The molecule has 0 amide bonds. The van der Waals surface area contributed by atoms with Gasteiger partial charge in [0.25, 0.3) is 0 Å². The fraction of sp³-hybridized carbons (Fsp3) is 0.667. The van der Waals surface area contributed by atoms with Crippen LogP contribution in [0.15, 0.2) is 24.3 Å². The SMILES string of the molecule is CCCCCCCCC(CCC)Oc1ccccc1I.